The van der Waals surface area contributed by atoms with E-state index in [1.807, 2.05) is 13.8 Å². The zero-order valence-corrected chi connectivity index (χ0v) is 13.3. The summed E-state index contributed by atoms with van der Waals surface area (Å²) >= 11 is 0. The summed E-state index contributed by atoms with van der Waals surface area (Å²) in [5.74, 6) is -0.0538. The minimum Gasteiger partial charge on any atom is -0.480 e. The first-order chi connectivity index (χ1) is 9.44. The van der Waals surface area contributed by atoms with Crippen molar-refractivity contribution in [3.63, 3.8) is 0 Å². The van der Waals surface area contributed by atoms with Gasteiger partial charge in [-0.2, -0.15) is 0 Å². The molecule has 1 saturated carbocycles. The quantitative estimate of drug-likeness (QED) is 0.639. The molecule has 1 unspecified atom stereocenters. The number of hydrogen-bond acceptors (Lipinski definition) is 3. The van der Waals surface area contributed by atoms with Gasteiger partial charge < -0.3 is 9.84 Å². The van der Waals surface area contributed by atoms with Crippen LogP contribution < -0.4 is 5.32 Å². The molecule has 0 saturated heterocycles. The number of rotatable bonds is 9. The van der Waals surface area contributed by atoms with Crippen LogP contribution in [-0.4, -0.2) is 35.9 Å². The van der Waals surface area contributed by atoms with Crippen molar-refractivity contribution < 1.29 is 14.6 Å². The van der Waals surface area contributed by atoms with Crippen molar-refractivity contribution in [2.24, 2.45) is 5.92 Å². The molecule has 0 aromatic carbocycles. The maximum Gasteiger partial charge on any atom is 0.323 e. The summed E-state index contributed by atoms with van der Waals surface area (Å²) < 4.78 is 5.73. The van der Waals surface area contributed by atoms with Crippen molar-refractivity contribution in [2.45, 2.75) is 77.3 Å². The highest BCUT2D eigenvalue weighted by molar-refractivity contribution is 5.78. The standard InChI is InChI=1S/C16H31NO3/c1-13(2)17-16(3,15(18)19)10-7-11-20-12-14-8-5-4-6-9-14/h13-14,17H,4-12H2,1-3H3,(H,18,19). The Bertz CT molecular complexity index is 287. The summed E-state index contributed by atoms with van der Waals surface area (Å²) in [6.45, 7) is 7.22. The second-order valence-electron chi connectivity index (χ2n) is 6.62. The number of nitrogens with one attached hydrogen (secondary N) is 1. The average molecular weight is 285 g/mol. The van der Waals surface area contributed by atoms with Crippen LogP contribution in [0.4, 0.5) is 0 Å². The minimum atomic E-state index is -0.845. The second-order valence-corrected chi connectivity index (χ2v) is 6.62. The lowest BCUT2D eigenvalue weighted by Gasteiger charge is -2.28. The summed E-state index contributed by atoms with van der Waals surface area (Å²) in [5.41, 5.74) is -0.845. The van der Waals surface area contributed by atoms with E-state index < -0.39 is 11.5 Å². The molecule has 0 bridgehead atoms. The summed E-state index contributed by atoms with van der Waals surface area (Å²) in [7, 11) is 0. The summed E-state index contributed by atoms with van der Waals surface area (Å²) in [5, 5.41) is 12.5. The van der Waals surface area contributed by atoms with Gasteiger partial charge in [-0.1, -0.05) is 19.3 Å². The van der Waals surface area contributed by atoms with Gasteiger partial charge in [0, 0.05) is 19.3 Å². The molecule has 20 heavy (non-hydrogen) atoms. The molecule has 0 radical (unpaired) electrons. The zero-order valence-electron chi connectivity index (χ0n) is 13.3. The molecule has 1 aliphatic rings. The molecule has 0 aliphatic heterocycles. The van der Waals surface area contributed by atoms with Gasteiger partial charge in [0.15, 0.2) is 0 Å². The Kier molecular flexibility index (Phi) is 7.52. The molecular formula is C16H31NO3. The lowest BCUT2D eigenvalue weighted by Crippen LogP contribution is -2.52. The number of carboxylic acid groups (broad SMARTS) is 1. The average Bonchev–Trinajstić information content (AvgIpc) is 2.38. The maximum absolute atomic E-state index is 11.4. The van der Waals surface area contributed by atoms with Gasteiger partial charge in [-0.3, -0.25) is 10.1 Å². The van der Waals surface area contributed by atoms with Crippen LogP contribution in [0.2, 0.25) is 0 Å². The van der Waals surface area contributed by atoms with Crippen LogP contribution in [0.3, 0.4) is 0 Å². The van der Waals surface area contributed by atoms with Gasteiger partial charge in [0.1, 0.15) is 5.54 Å². The monoisotopic (exact) mass is 285 g/mol. The highest BCUT2D eigenvalue weighted by Gasteiger charge is 2.32. The van der Waals surface area contributed by atoms with Crippen molar-refractivity contribution in [2.75, 3.05) is 13.2 Å². The van der Waals surface area contributed by atoms with E-state index in [9.17, 15) is 9.90 Å². The Balaban J connectivity index is 2.18. The smallest absolute Gasteiger partial charge is 0.323 e. The molecule has 0 heterocycles. The summed E-state index contributed by atoms with van der Waals surface area (Å²) in [6.07, 6.45) is 8.02. The fourth-order valence-corrected chi connectivity index (χ4v) is 3.01. The van der Waals surface area contributed by atoms with Gasteiger partial charge in [-0.05, 0) is 52.4 Å². The Morgan fingerprint density at radius 1 is 1.35 bits per heavy atom. The number of hydrogen-bond donors (Lipinski definition) is 2. The van der Waals surface area contributed by atoms with E-state index in [1.54, 1.807) is 6.92 Å². The second kappa shape index (κ2) is 8.63. The van der Waals surface area contributed by atoms with Crippen LogP contribution in [0.25, 0.3) is 0 Å². The minimum absolute atomic E-state index is 0.166. The highest BCUT2D eigenvalue weighted by atomic mass is 16.5. The molecule has 0 aromatic heterocycles. The summed E-state index contributed by atoms with van der Waals surface area (Å²) in [6, 6.07) is 0.166. The van der Waals surface area contributed by atoms with Gasteiger partial charge >= 0.3 is 5.97 Å². The third-order valence-electron chi connectivity index (χ3n) is 4.12. The molecule has 0 amide bonds. The maximum atomic E-state index is 11.4. The fraction of sp³-hybridized carbons (Fsp3) is 0.938. The Morgan fingerprint density at radius 2 is 2.00 bits per heavy atom. The van der Waals surface area contributed by atoms with Gasteiger partial charge in [0.05, 0.1) is 0 Å². The van der Waals surface area contributed by atoms with Crippen molar-refractivity contribution in [1.29, 1.82) is 0 Å². The van der Waals surface area contributed by atoms with Gasteiger partial charge in [0.25, 0.3) is 0 Å². The van der Waals surface area contributed by atoms with Crippen LogP contribution in [-0.2, 0) is 9.53 Å². The lowest BCUT2D eigenvalue weighted by molar-refractivity contribution is -0.145. The molecule has 0 spiro atoms. The normalized spacial score (nSPS) is 20.0. The molecule has 0 aromatic rings. The van der Waals surface area contributed by atoms with E-state index in [0.717, 1.165) is 18.9 Å². The fourth-order valence-electron chi connectivity index (χ4n) is 3.01. The molecular weight excluding hydrogens is 254 g/mol. The van der Waals surface area contributed by atoms with Crippen molar-refractivity contribution in [1.82, 2.24) is 5.32 Å². The first-order valence-electron chi connectivity index (χ1n) is 8.03. The molecule has 4 heteroatoms. The topological polar surface area (TPSA) is 58.6 Å². The molecule has 2 N–H and O–H groups in total. The third kappa shape index (κ3) is 6.23. The predicted molar refractivity (Wildman–Crippen MR) is 80.9 cm³/mol. The van der Waals surface area contributed by atoms with E-state index in [1.165, 1.54) is 32.1 Å². The van der Waals surface area contributed by atoms with Crippen LogP contribution >= 0.6 is 0 Å². The van der Waals surface area contributed by atoms with Crippen LogP contribution in [0.5, 0.6) is 0 Å². The van der Waals surface area contributed by atoms with Crippen LogP contribution in [0.15, 0.2) is 0 Å². The molecule has 1 aliphatic carbocycles. The van der Waals surface area contributed by atoms with E-state index in [0.29, 0.717) is 13.0 Å². The molecule has 1 fully saturated rings. The number of aliphatic carboxylic acids is 1. The Morgan fingerprint density at radius 3 is 2.55 bits per heavy atom. The van der Waals surface area contributed by atoms with E-state index >= 15 is 0 Å². The third-order valence-corrected chi connectivity index (χ3v) is 4.12. The number of carbonyl (C=O) groups is 1. The van der Waals surface area contributed by atoms with E-state index in [-0.39, 0.29) is 6.04 Å². The molecule has 1 rings (SSSR count). The molecule has 118 valence electrons. The van der Waals surface area contributed by atoms with E-state index in [2.05, 4.69) is 5.32 Å². The van der Waals surface area contributed by atoms with Gasteiger partial charge in [-0.25, -0.2) is 0 Å². The largest absolute Gasteiger partial charge is 0.480 e. The zero-order chi connectivity index (χ0) is 15.0. The Hall–Kier alpha value is -0.610. The summed E-state index contributed by atoms with van der Waals surface area (Å²) in [4.78, 5) is 11.4. The lowest BCUT2D eigenvalue weighted by atomic mass is 9.90. The van der Waals surface area contributed by atoms with Crippen molar-refractivity contribution in [3.8, 4) is 0 Å². The van der Waals surface area contributed by atoms with E-state index in [4.69, 9.17) is 4.74 Å². The predicted octanol–water partition coefficient (Wildman–Crippen LogP) is 3.20. The van der Waals surface area contributed by atoms with Crippen LogP contribution in [0, 0.1) is 5.92 Å². The van der Waals surface area contributed by atoms with Crippen molar-refractivity contribution >= 4 is 5.97 Å². The molecule has 1 atom stereocenters. The first-order valence-corrected chi connectivity index (χ1v) is 8.03. The number of carboxylic acids is 1. The van der Waals surface area contributed by atoms with Crippen LogP contribution in [0.1, 0.15) is 65.7 Å². The van der Waals surface area contributed by atoms with Crippen molar-refractivity contribution in [3.05, 3.63) is 0 Å². The number of ether oxygens (including phenoxy) is 1. The van der Waals surface area contributed by atoms with Gasteiger partial charge in [-0.15, -0.1) is 0 Å². The Labute approximate surface area is 123 Å². The highest BCUT2D eigenvalue weighted by Crippen LogP contribution is 2.23. The first kappa shape index (κ1) is 17.4. The SMILES string of the molecule is CC(C)NC(C)(CCCOCC1CCCCC1)C(=O)O. The van der Waals surface area contributed by atoms with Gasteiger partial charge in [0.2, 0.25) is 0 Å². The molecule has 4 nitrogen and oxygen atoms in total.